The van der Waals surface area contributed by atoms with Crippen LogP contribution in [0.25, 0.3) is 0 Å². The summed E-state index contributed by atoms with van der Waals surface area (Å²) in [5.41, 5.74) is 8.20. The van der Waals surface area contributed by atoms with Crippen LogP contribution in [0.1, 0.15) is 19.4 Å². The Morgan fingerprint density at radius 1 is 1.32 bits per heavy atom. The minimum Gasteiger partial charge on any atom is -0.505 e. The largest absolute Gasteiger partial charge is 0.505 e. The molecule has 0 radical (unpaired) electrons. The van der Waals surface area contributed by atoms with Gasteiger partial charge in [-0.15, -0.1) is 0 Å². The number of aromatic hydroxyl groups is 1. The average molecular weight is 337 g/mol. The van der Waals surface area contributed by atoms with Crippen LogP contribution >= 0.6 is 23.2 Å². The SMILES string of the molecule is CC1(C)C2=CC(=O)C(CN)=CC2=Nc2cc(Cl)c(O)c(Cl)c21. The Balaban J connectivity index is 2.34. The number of phenolic OH excluding ortho intramolecular Hbond substituents is 1. The van der Waals surface area contributed by atoms with Gasteiger partial charge in [0.15, 0.2) is 11.5 Å². The van der Waals surface area contributed by atoms with Gasteiger partial charge in [-0.05, 0) is 23.8 Å². The van der Waals surface area contributed by atoms with Crippen LogP contribution in [0, 0.1) is 0 Å². The molecule has 0 unspecified atom stereocenters. The molecule has 3 rings (SSSR count). The maximum absolute atomic E-state index is 12.1. The lowest BCUT2D eigenvalue weighted by Crippen LogP contribution is -2.32. The van der Waals surface area contributed by atoms with Gasteiger partial charge in [0.25, 0.3) is 0 Å². The van der Waals surface area contributed by atoms with Crippen LogP contribution in [0.5, 0.6) is 5.75 Å². The molecule has 0 fully saturated rings. The highest BCUT2D eigenvalue weighted by atomic mass is 35.5. The number of phenols is 1. The van der Waals surface area contributed by atoms with Crippen LogP contribution in [-0.4, -0.2) is 23.1 Å². The molecule has 4 nitrogen and oxygen atoms in total. The molecule has 0 atom stereocenters. The minimum absolute atomic E-state index is 0.123. The molecule has 0 amide bonds. The number of benzene rings is 1. The number of hydrogen-bond donors (Lipinski definition) is 2. The lowest BCUT2D eigenvalue weighted by molar-refractivity contribution is -0.111. The van der Waals surface area contributed by atoms with Crippen LogP contribution in [0.2, 0.25) is 10.0 Å². The smallest absolute Gasteiger partial charge is 0.183 e. The van der Waals surface area contributed by atoms with E-state index in [9.17, 15) is 9.90 Å². The van der Waals surface area contributed by atoms with Gasteiger partial charge >= 0.3 is 0 Å². The third kappa shape index (κ3) is 2.02. The molecule has 1 aromatic rings. The third-order valence-corrected chi connectivity index (χ3v) is 4.77. The van der Waals surface area contributed by atoms with Gasteiger partial charge in [-0.25, -0.2) is 4.99 Å². The first kappa shape index (κ1) is 15.3. The summed E-state index contributed by atoms with van der Waals surface area (Å²) < 4.78 is 0. The number of ketones is 1. The van der Waals surface area contributed by atoms with Crippen molar-refractivity contribution < 1.29 is 9.90 Å². The monoisotopic (exact) mass is 336 g/mol. The van der Waals surface area contributed by atoms with Crippen LogP contribution in [0.4, 0.5) is 5.69 Å². The second-order valence-electron chi connectivity index (χ2n) is 5.83. The summed E-state index contributed by atoms with van der Waals surface area (Å²) in [7, 11) is 0. The van der Waals surface area contributed by atoms with E-state index in [0.717, 1.165) is 5.57 Å². The fraction of sp³-hybridized carbons (Fsp3) is 0.250. The zero-order chi connectivity index (χ0) is 16.2. The fourth-order valence-corrected chi connectivity index (χ4v) is 3.59. The number of nitrogens with two attached hydrogens (primary N) is 1. The van der Waals surface area contributed by atoms with Crippen molar-refractivity contribution in [1.29, 1.82) is 0 Å². The number of carbonyl (C=O) groups excluding carboxylic acids is 1. The third-order valence-electron chi connectivity index (χ3n) is 4.11. The topological polar surface area (TPSA) is 75.7 Å². The molecule has 3 N–H and O–H groups in total. The zero-order valence-corrected chi connectivity index (χ0v) is 13.6. The summed E-state index contributed by atoms with van der Waals surface area (Å²) >= 11 is 12.3. The number of rotatable bonds is 1. The van der Waals surface area contributed by atoms with E-state index in [1.807, 2.05) is 13.8 Å². The van der Waals surface area contributed by atoms with E-state index < -0.39 is 5.41 Å². The van der Waals surface area contributed by atoms with Gasteiger partial charge in [-0.1, -0.05) is 37.0 Å². The van der Waals surface area contributed by atoms with Crippen LogP contribution in [0.3, 0.4) is 0 Å². The number of carbonyl (C=O) groups is 1. The van der Waals surface area contributed by atoms with E-state index in [1.54, 1.807) is 18.2 Å². The van der Waals surface area contributed by atoms with Gasteiger partial charge in [0, 0.05) is 23.1 Å². The molecule has 0 saturated carbocycles. The highest BCUT2D eigenvalue weighted by Crippen LogP contribution is 2.51. The Morgan fingerprint density at radius 2 is 2.00 bits per heavy atom. The summed E-state index contributed by atoms with van der Waals surface area (Å²) in [5.74, 6) is -0.294. The normalized spacial score (nSPS) is 19.0. The molecule has 114 valence electrons. The predicted octanol–water partition coefficient (Wildman–Crippen LogP) is 3.46. The first-order valence-electron chi connectivity index (χ1n) is 6.75. The maximum Gasteiger partial charge on any atom is 0.183 e. The Bertz CT molecular complexity index is 805. The zero-order valence-electron chi connectivity index (χ0n) is 12.1. The number of aliphatic imine (C=N–C) groups is 1. The highest BCUT2D eigenvalue weighted by molar-refractivity contribution is 6.38. The van der Waals surface area contributed by atoms with Crippen molar-refractivity contribution in [2.24, 2.45) is 10.7 Å². The molecule has 22 heavy (non-hydrogen) atoms. The van der Waals surface area contributed by atoms with Gasteiger partial charge in [0.2, 0.25) is 0 Å². The van der Waals surface area contributed by atoms with Crippen LogP contribution < -0.4 is 5.73 Å². The number of halogens is 2. The number of hydrogen-bond acceptors (Lipinski definition) is 4. The second-order valence-corrected chi connectivity index (χ2v) is 6.62. The molecular weight excluding hydrogens is 323 g/mol. The van der Waals surface area contributed by atoms with Crippen molar-refractivity contribution >= 4 is 40.4 Å². The molecule has 1 aliphatic heterocycles. The van der Waals surface area contributed by atoms with Gasteiger partial charge in [-0.3, -0.25) is 4.79 Å². The summed E-state index contributed by atoms with van der Waals surface area (Å²) in [5, 5.41) is 10.3. The summed E-state index contributed by atoms with van der Waals surface area (Å²) in [4.78, 5) is 16.6. The molecule has 0 aromatic heterocycles. The van der Waals surface area contributed by atoms with Gasteiger partial charge in [0.1, 0.15) is 0 Å². The first-order valence-corrected chi connectivity index (χ1v) is 7.50. The molecule has 0 saturated heterocycles. The standard InChI is InChI=1S/C16H14Cl2N2O2/c1-16(2)8-4-12(21)7(6-19)3-10(8)20-11-5-9(17)15(22)14(18)13(11)16/h3-5,22H,6,19H2,1-2H3. The minimum atomic E-state index is -0.585. The number of nitrogens with zero attached hydrogens (tertiary/aromatic N) is 1. The molecule has 1 aliphatic carbocycles. The molecule has 6 heteroatoms. The summed E-state index contributed by atoms with van der Waals surface area (Å²) in [6.07, 6.45) is 3.25. The fourth-order valence-electron chi connectivity index (χ4n) is 2.91. The molecule has 1 aromatic carbocycles. The molecule has 0 spiro atoms. The Morgan fingerprint density at radius 3 is 2.64 bits per heavy atom. The average Bonchev–Trinajstić information content (AvgIpc) is 2.45. The van der Waals surface area contributed by atoms with Crippen molar-refractivity contribution in [3.63, 3.8) is 0 Å². The van der Waals surface area contributed by atoms with E-state index in [-0.39, 0.29) is 28.1 Å². The Labute approximate surface area is 137 Å². The maximum atomic E-state index is 12.1. The van der Waals surface area contributed by atoms with Gasteiger partial charge in [-0.2, -0.15) is 0 Å². The van der Waals surface area contributed by atoms with Crippen molar-refractivity contribution in [2.75, 3.05) is 6.54 Å². The summed E-state index contributed by atoms with van der Waals surface area (Å²) in [6.45, 7) is 4.02. The van der Waals surface area contributed by atoms with E-state index in [1.165, 1.54) is 0 Å². The lowest BCUT2D eigenvalue weighted by atomic mass is 9.71. The van der Waals surface area contributed by atoms with Crippen molar-refractivity contribution in [2.45, 2.75) is 19.3 Å². The van der Waals surface area contributed by atoms with Crippen molar-refractivity contribution in [1.82, 2.24) is 0 Å². The van der Waals surface area contributed by atoms with Crippen molar-refractivity contribution in [3.8, 4) is 5.75 Å². The van der Waals surface area contributed by atoms with E-state index in [2.05, 4.69) is 4.99 Å². The van der Waals surface area contributed by atoms with E-state index in [4.69, 9.17) is 28.9 Å². The molecule has 2 aliphatic rings. The number of allylic oxidation sites excluding steroid dienone is 3. The Kier molecular flexibility index (Phi) is 3.44. The predicted molar refractivity (Wildman–Crippen MR) is 88.5 cm³/mol. The molecule has 1 heterocycles. The van der Waals surface area contributed by atoms with E-state index >= 15 is 0 Å². The van der Waals surface area contributed by atoms with Gasteiger partial charge in [0.05, 0.1) is 21.4 Å². The van der Waals surface area contributed by atoms with Gasteiger partial charge < -0.3 is 10.8 Å². The number of fused-ring (bicyclic) bond motifs is 2. The Hall–Kier alpha value is -1.62. The van der Waals surface area contributed by atoms with Crippen LogP contribution in [0.15, 0.2) is 34.4 Å². The van der Waals surface area contributed by atoms with Crippen LogP contribution in [-0.2, 0) is 10.2 Å². The lowest BCUT2D eigenvalue weighted by Gasteiger charge is -2.36. The first-order chi connectivity index (χ1) is 10.3. The molecular formula is C16H14Cl2N2O2. The highest BCUT2D eigenvalue weighted by Gasteiger charge is 2.39. The molecule has 0 bridgehead atoms. The summed E-state index contributed by atoms with van der Waals surface area (Å²) in [6, 6.07) is 1.58. The van der Waals surface area contributed by atoms with Crippen molar-refractivity contribution in [3.05, 3.63) is 45.0 Å². The quantitative estimate of drug-likeness (QED) is 0.771. The van der Waals surface area contributed by atoms with E-state index in [0.29, 0.717) is 22.5 Å². The second kappa shape index (κ2) is 4.95.